The van der Waals surface area contributed by atoms with Crippen LogP contribution in [0.5, 0.6) is 0 Å². The predicted octanol–water partition coefficient (Wildman–Crippen LogP) is 2.23. The topological polar surface area (TPSA) is 78.4 Å². The highest BCUT2D eigenvalue weighted by molar-refractivity contribution is 9.10. The second-order valence-electron chi connectivity index (χ2n) is 4.82. The van der Waals surface area contributed by atoms with Crippen molar-refractivity contribution in [2.75, 3.05) is 11.9 Å². The van der Waals surface area contributed by atoms with Gasteiger partial charge in [0.1, 0.15) is 0 Å². The summed E-state index contributed by atoms with van der Waals surface area (Å²) >= 11 is 3.17. The van der Waals surface area contributed by atoms with Crippen molar-refractivity contribution in [3.05, 3.63) is 28.2 Å². The van der Waals surface area contributed by atoms with Gasteiger partial charge in [0.05, 0.1) is 11.1 Å². The van der Waals surface area contributed by atoms with Crippen LogP contribution in [0.4, 0.5) is 5.69 Å². The van der Waals surface area contributed by atoms with Crippen molar-refractivity contribution in [2.24, 2.45) is 0 Å². The van der Waals surface area contributed by atoms with Gasteiger partial charge in [-0.1, -0.05) is 0 Å². The highest BCUT2D eigenvalue weighted by atomic mass is 79.9. The summed E-state index contributed by atoms with van der Waals surface area (Å²) in [7, 11) is 0. The summed E-state index contributed by atoms with van der Waals surface area (Å²) in [5, 5.41) is 15.0. The molecule has 0 aromatic heterocycles. The lowest BCUT2D eigenvalue weighted by Crippen LogP contribution is -2.47. The average Bonchev–Trinajstić information content (AvgIpc) is 2.79. The second kappa shape index (κ2) is 5.30. The maximum Gasteiger partial charge on any atom is 0.336 e. The molecule has 2 rings (SSSR count). The second-order valence-corrected chi connectivity index (χ2v) is 5.67. The summed E-state index contributed by atoms with van der Waals surface area (Å²) in [5.74, 6) is -1.17. The zero-order chi connectivity index (χ0) is 14.0. The number of nitrogens with one attached hydrogen (secondary N) is 2. The Bertz CT molecular complexity index is 525. The first-order chi connectivity index (χ1) is 8.92. The Morgan fingerprint density at radius 3 is 2.79 bits per heavy atom. The molecular weight excluding hydrogens is 312 g/mol. The maximum absolute atomic E-state index is 12.2. The minimum absolute atomic E-state index is 0.127. The van der Waals surface area contributed by atoms with E-state index >= 15 is 0 Å². The lowest BCUT2D eigenvalue weighted by atomic mass is 9.99. The van der Waals surface area contributed by atoms with E-state index < -0.39 is 11.5 Å². The molecule has 1 aromatic carbocycles. The van der Waals surface area contributed by atoms with E-state index in [1.54, 1.807) is 12.1 Å². The standard InChI is InChI=1S/C13H15BrN2O3/c1-13(5-2-6-15-13)12(19)16-8-3-4-10(14)9(7-8)11(17)18/h3-4,7,15H,2,5-6H2,1H3,(H,16,19)(H,17,18). The van der Waals surface area contributed by atoms with Gasteiger partial charge >= 0.3 is 5.97 Å². The largest absolute Gasteiger partial charge is 0.478 e. The number of halogens is 1. The molecular formula is C13H15BrN2O3. The lowest BCUT2D eigenvalue weighted by molar-refractivity contribution is -0.121. The van der Waals surface area contributed by atoms with Crippen LogP contribution in [0.2, 0.25) is 0 Å². The van der Waals surface area contributed by atoms with Gasteiger partial charge in [0, 0.05) is 10.2 Å². The summed E-state index contributed by atoms with van der Waals surface area (Å²) in [5.41, 5.74) is 0.0408. The Hall–Kier alpha value is -1.40. The molecule has 0 spiro atoms. The molecule has 0 radical (unpaired) electrons. The van der Waals surface area contributed by atoms with Gasteiger partial charge in [-0.15, -0.1) is 0 Å². The third-order valence-corrected chi connectivity index (χ3v) is 4.02. The number of rotatable bonds is 3. The Morgan fingerprint density at radius 1 is 1.47 bits per heavy atom. The normalized spacial score (nSPS) is 22.2. The van der Waals surface area contributed by atoms with Crippen molar-refractivity contribution in [1.82, 2.24) is 5.32 Å². The fourth-order valence-corrected chi connectivity index (χ4v) is 2.54. The zero-order valence-corrected chi connectivity index (χ0v) is 12.1. The number of amides is 1. The van der Waals surface area contributed by atoms with Crippen LogP contribution in [0.3, 0.4) is 0 Å². The Labute approximate surface area is 119 Å². The molecule has 1 atom stereocenters. The number of hydrogen-bond acceptors (Lipinski definition) is 3. The molecule has 1 aliphatic rings. The lowest BCUT2D eigenvalue weighted by Gasteiger charge is -2.23. The number of benzene rings is 1. The number of carboxylic acid groups (broad SMARTS) is 1. The van der Waals surface area contributed by atoms with Gasteiger partial charge in [0.2, 0.25) is 5.91 Å². The zero-order valence-electron chi connectivity index (χ0n) is 10.5. The van der Waals surface area contributed by atoms with Crippen molar-refractivity contribution in [3.63, 3.8) is 0 Å². The minimum Gasteiger partial charge on any atom is -0.478 e. The van der Waals surface area contributed by atoms with Crippen LogP contribution >= 0.6 is 15.9 Å². The number of anilines is 1. The summed E-state index contributed by atoms with van der Waals surface area (Å²) in [6.07, 6.45) is 1.74. The number of carbonyl (C=O) groups is 2. The van der Waals surface area contributed by atoms with E-state index in [0.29, 0.717) is 10.2 Å². The van der Waals surface area contributed by atoms with Crippen molar-refractivity contribution in [1.29, 1.82) is 0 Å². The summed E-state index contributed by atoms with van der Waals surface area (Å²) in [4.78, 5) is 23.2. The van der Waals surface area contributed by atoms with E-state index in [1.165, 1.54) is 6.07 Å². The fourth-order valence-electron chi connectivity index (χ4n) is 2.12. The van der Waals surface area contributed by atoms with Gasteiger partial charge in [-0.25, -0.2) is 4.79 Å². The molecule has 6 heteroatoms. The van der Waals surface area contributed by atoms with Crippen LogP contribution < -0.4 is 10.6 Å². The molecule has 1 aliphatic heterocycles. The first-order valence-electron chi connectivity index (χ1n) is 6.02. The summed E-state index contributed by atoms with van der Waals surface area (Å²) < 4.78 is 0.489. The van der Waals surface area contributed by atoms with Crippen LogP contribution in [-0.2, 0) is 4.79 Å². The molecule has 1 aromatic rings. The number of carbonyl (C=O) groups excluding carboxylic acids is 1. The molecule has 0 aliphatic carbocycles. The quantitative estimate of drug-likeness (QED) is 0.795. The molecule has 1 saturated heterocycles. The van der Waals surface area contributed by atoms with Gasteiger partial charge in [-0.05, 0) is 60.4 Å². The minimum atomic E-state index is -1.03. The smallest absolute Gasteiger partial charge is 0.336 e. The van der Waals surface area contributed by atoms with Gasteiger partial charge < -0.3 is 15.7 Å². The SMILES string of the molecule is CC1(C(=O)Nc2ccc(Br)c(C(=O)O)c2)CCCN1. The Balaban J connectivity index is 2.17. The number of aromatic carboxylic acids is 1. The highest BCUT2D eigenvalue weighted by Crippen LogP contribution is 2.24. The third-order valence-electron chi connectivity index (χ3n) is 3.32. The van der Waals surface area contributed by atoms with E-state index in [-0.39, 0.29) is 11.5 Å². The molecule has 1 fully saturated rings. The molecule has 0 bridgehead atoms. The molecule has 1 heterocycles. The number of carboxylic acids is 1. The van der Waals surface area contributed by atoms with E-state index in [2.05, 4.69) is 26.6 Å². The Kier molecular flexibility index (Phi) is 3.91. The van der Waals surface area contributed by atoms with Crippen LogP contribution in [0.1, 0.15) is 30.1 Å². The van der Waals surface area contributed by atoms with E-state index in [9.17, 15) is 9.59 Å². The van der Waals surface area contributed by atoms with Crippen LogP contribution in [0.15, 0.2) is 22.7 Å². The van der Waals surface area contributed by atoms with Crippen molar-refractivity contribution >= 4 is 33.5 Å². The molecule has 102 valence electrons. The predicted molar refractivity (Wildman–Crippen MR) is 75.4 cm³/mol. The van der Waals surface area contributed by atoms with E-state index in [0.717, 1.165) is 19.4 Å². The van der Waals surface area contributed by atoms with Crippen molar-refractivity contribution in [3.8, 4) is 0 Å². The Morgan fingerprint density at radius 2 is 2.21 bits per heavy atom. The first kappa shape index (κ1) is 14.0. The molecule has 1 unspecified atom stereocenters. The van der Waals surface area contributed by atoms with Gasteiger partial charge in [0.15, 0.2) is 0 Å². The van der Waals surface area contributed by atoms with Crippen LogP contribution in [0, 0.1) is 0 Å². The fraction of sp³-hybridized carbons (Fsp3) is 0.385. The summed E-state index contributed by atoms with van der Waals surface area (Å²) in [6, 6.07) is 4.73. The summed E-state index contributed by atoms with van der Waals surface area (Å²) in [6.45, 7) is 2.68. The maximum atomic E-state index is 12.2. The molecule has 5 nitrogen and oxygen atoms in total. The van der Waals surface area contributed by atoms with Crippen LogP contribution in [-0.4, -0.2) is 29.1 Å². The average molecular weight is 327 g/mol. The number of hydrogen-bond donors (Lipinski definition) is 3. The van der Waals surface area contributed by atoms with E-state index in [4.69, 9.17) is 5.11 Å². The van der Waals surface area contributed by atoms with Crippen molar-refractivity contribution < 1.29 is 14.7 Å². The van der Waals surface area contributed by atoms with Crippen LogP contribution in [0.25, 0.3) is 0 Å². The van der Waals surface area contributed by atoms with Gasteiger partial charge in [-0.2, -0.15) is 0 Å². The molecule has 19 heavy (non-hydrogen) atoms. The first-order valence-corrected chi connectivity index (χ1v) is 6.81. The molecule has 0 saturated carbocycles. The third kappa shape index (κ3) is 2.96. The van der Waals surface area contributed by atoms with Crippen molar-refractivity contribution in [2.45, 2.75) is 25.3 Å². The molecule has 1 amide bonds. The van der Waals surface area contributed by atoms with Gasteiger partial charge in [-0.3, -0.25) is 4.79 Å². The highest BCUT2D eigenvalue weighted by Gasteiger charge is 2.35. The van der Waals surface area contributed by atoms with Gasteiger partial charge in [0.25, 0.3) is 0 Å². The van der Waals surface area contributed by atoms with E-state index in [1.807, 2.05) is 6.92 Å². The monoisotopic (exact) mass is 326 g/mol. The molecule has 3 N–H and O–H groups in total.